The van der Waals surface area contributed by atoms with Crippen LogP contribution in [0.4, 0.5) is 0 Å². The standard InChI is InChI=1S/C11H16N2O5S/c1-12-11(16)8-2-4-10(5-3-8)19(17,18)13-6-9(15)7-14/h2-5,9,13-15H,6-7H2,1H3,(H,12,16). The Kier molecular flexibility index (Phi) is 5.43. The summed E-state index contributed by atoms with van der Waals surface area (Å²) in [5.41, 5.74) is 0.344. The van der Waals surface area contributed by atoms with Crippen molar-refractivity contribution in [1.29, 1.82) is 0 Å². The number of carbonyl (C=O) groups is 1. The molecular formula is C11H16N2O5S. The van der Waals surface area contributed by atoms with Crippen LogP contribution in [0.15, 0.2) is 29.2 Å². The maximum absolute atomic E-state index is 11.8. The van der Waals surface area contributed by atoms with Crippen molar-refractivity contribution in [3.05, 3.63) is 29.8 Å². The molecule has 8 heteroatoms. The monoisotopic (exact) mass is 288 g/mol. The van der Waals surface area contributed by atoms with Crippen LogP contribution in [-0.4, -0.2) is 50.8 Å². The van der Waals surface area contributed by atoms with Crippen LogP contribution in [0.2, 0.25) is 0 Å². The SMILES string of the molecule is CNC(=O)c1ccc(S(=O)(=O)NCC(O)CO)cc1. The van der Waals surface area contributed by atoms with Crippen LogP contribution < -0.4 is 10.0 Å². The van der Waals surface area contributed by atoms with Crippen molar-refractivity contribution in [2.45, 2.75) is 11.0 Å². The van der Waals surface area contributed by atoms with Crippen molar-refractivity contribution in [3.8, 4) is 0 Å². The van der Waals surface area contributed by atoms with Crippen LogP contribution in [-0.2, 0) is 10.0 Å². The topological polar surface area (TPSA) is 116 Å². The molecule has 0 heterocycles. The first-order valence-electron chi connectivity index (χ1n) is 5.51. The highest BCUT2D eigenvalue weighted by Gasteiger charge is 2.16. The summed E-state index contributed by atoms with van der Waals surface area (Å²) in [6, 6.07) is 5.35. The maximum atomic E-state index is 11.8. The quantitative estimate of drug-likeness (QED) is 0.518. The third-order valence-electron chi connectivity index (χ3n) is 2.37. The van der Waals surface area contributed by atoms with Crippen LogP contribution in [0.1, 0.15) is 10.4 Å². The van der Waals surface area contributed by atoms with Gasteiger partial charge in [-0.3, -0.25) is 4.79 Å². The fourth-order valence-corrected chi connectivity index (χ4v) is 2.36. The van der Waals surface area contributed by atoms with Crippen LogP contribution >= 0.6 is 0 Å². The lowest BCUT2D eigenvalue weighted by Gasteiger charge is -2.10. The molecule has 1 aromatic carbocycles. The molecule has 1 unspecified atom stereocenters. The molecule has 1 rings (SSSR count). The molecule has 1 atom stereocenters. The van der Waals surface area contributed by atoms with E-state index in [1.165, 1.54) is 31.3 Å². The molecule has 0 aliphatic heterocycles. The minimum absolute atomic E-state index is 0.0229. The van der Waals surface area contributed by atoms with Gasteiger partial charge in [-0.15, -0.1) is 0 Å². The van der Waals surface area contributed by atoms with Crippen molar-refractivity contribution < 1.29 is 23.4 Å². The number of carbonyl (C=O) groups excluding carboxylic acids is 1. The molecule has 7 nitrogen and oxygen atoms in total. The van der Waals surface area contributed by atoms with Gasteiger partial charge in [0.05, 0.1) is 17.6 Å². The first kappa shape index (κ1) is 15.6. The molecule has 1 aromatic rings. The molecule has 0 saturated heterocycles. The highest BCUT2D eigenvalue weighted by molar-refractivity contribution is 7.89. The molecule has 0 spiro atoms. The summed E-state index contributed by atoms with van der Waals surface area (Å²) in [4.78, 5) is 11.3. The number of nitrogens with one attached hydrogen (secondary N) is 2. The van der Waals surface area contributed by atoms with E-state index in [0.717, 1.165) is 0 Å². The Hall–Kier alpha value is -1.48. The first-order valence-corrected chi connectivity index (χ1v) is 6.99. The minimum Gasteiger partial charge on any atom is -0.394 e. The lowest BCUT2D eigenvalue weighted by Crippen LogP contribution is -2.33. The lowest BCUT2D eigenvalue weighted by molar-refractivity contribution is 0.0963. The van der Waals surface area contributed by atoms with Gasteiger partial charge in [0.2, 0.25) is 10.0 Å². The Morgan fingerprint density at radius 1 is 1.32 bits per heavy atom. The average molecular weight is 288 g/mol. The van der Waals surface area contributed by atoms with Gasteiger partial charge in [0.15, 0.2) is 0 Å². The molecular weight excluding hydrogens is 272 g/mol. The molecule has 0 saturated carbocycles. The van der Waals surface area contributed by atoms with Crippen LogP contribution in [0.25, 0.3) is 0 Å². The number of hydrogen-bond donors (Lipinski definition) is 4. The zero-order valence-corrected chi connectivity index (χ0v) is 11.1. The number of aliphatic hydroxyl groups is 2. The lowest BCUT2D eigenvalue weighted by atomic mass is 10.2. The first-order chi connectivity index (χ1) is 8.90. The predicted octanol–water partition coefficient (Wildman–Crippen LogP) is -1.32. The molecule has 0 fully saturated rings. The molecule has 0 aromatic heterocycles. The number of rotatable bonds is 6. The van der Waals surface area contributed by atoms with Gasteiger partial charge in [-0.1, -0.05) is 0 Å². The third-order valence-corrected chi connectivity index (χ3v) is 3.81. The van der Waals surface area contributed by atoms with Crippen molar-refractivity contribution in [1.82, 2.24) is 10.0 Å². The number of benzene rings is 1. The van der Waals surface area contributed by atoms with Crippen molar-refractivity contribution in [2.24, 2.45) is 0 Å². The smallest absolute Gasteiger partial charge is 0.251 e. The molecule has 106 valence electrons. The van der Waals surface area contributed by atoms with E-state index in [1.54, 1.807) is 0 Å². The van der Waals surface area contributed by atoms with Gasteiger partial charge in [0.25, 0.3) is 5.91 Å². The highest BCUT2D eigenvalue weighted by atomic mass is 32.2. The Morgan fingerprint density at radius 2 is 1.89 bits per heavy atom. The predicted molar refractivity (Wildman–Crippen MR) is 68.1 cm³/mol. The van der Waals surface area contributed by atoms with E-state index in [9.17, 15) is 13.2 Å². The van der Waals surface area contributed by atoms with Gasteiger partial charge in [0.1, 0.15) is 0 Å². The summed E-state index contributed by atoms with van der Waals surface area (Å²) in [5, 5.41) is 20.1. The summed E-state index contributed by atoms with van der Waals surface area (Å²) in [7, 11) is -2.29. The summed E-state index contributed by atoms with van der Waals surface area (Å²) in [5.74, 6) is -0.312. The van der Waals surface area contributed by atoms with E-state index < -0.39 is 22.7 Å². The Morgan fingerprint density at radius 3 is 2.37 bits per heavy atom. The molecule has 0 aliphatic carbocycles. The van der Waals surface area contributed by atoms with Crippen LogP contribution in [0.3, 0.4) is 0 Å². The second-order valence-corrected chi connectivity index (χ2v) is 5.56. The number of aliphatic hydroxyl groups excluding tert-OH is 2. The van der Waals surface area contributed by atoms with E-state index in [2.05, 4.69) is 10.0 Å². The summed E-state index contributed by atoms with van der Waals surface area (Å²) >= 11 is 0. The fourth-order valence-electron chi connectivity index (χ4n) is 1.28. The second kappa shape index (κ2) is 6.62. The van der Waals surface area contributed by atoms with Gasteiger partial charge in [-0.25, -0.2) is 13.1 Å². The number of hydrogen-bond acceptors (Lipinski definition) is 5. The molecule has 1 amide bonds. The van der Waals surface area contributed by atoms with E-state index in [-0.39, 0.29) is 17.3 Å². The van der Waals surface area contributed by atoms with Crippen molar-refractivity contribution >= 4 is 15.9 Å². The van der Waals surface area contributed by atoms with E-state index in [1.807, 2.05) is 0 Å². The largest absolute Gasteiger partial charge is 0.394 e. The van der Waals surface area contributed by atoms with Crippen LogP contribution in [0, 0.1) is 0 Å². The molecule has 0 radical (unpaired) electrons. The Bertz CT molecular complexity index is 527. The average Bonchev–Trinajstić information content (AvgIpc) is 2.44. The minimum atomic E-state index is -3.77. The maximum Gasteiger partial charge on any atom is 0.251 e. The molecule has 19 heavy (non-hydrogen) atoms. The Labute approximate surface area is 111 Å². The molecule has 0 bridgehead atoms. The van der Waals surface area contributed by atoms with E-state index in [0.29, 0.717) is 5.56 Å². The summed E-state index contributed by atoms with van der Waals surface area (Å²) in [6.07, 6.45) is -1.15. The normalized spacial score (nSPS) is 13.0. The molecule has 4 N–H and O–H groups in total. The fraction of sp³-hybridized carbons (Fsp3) is 0.364. The van der Waals surface area contributed by atoms with Crippen LogP contribution in [0.5, 0.6) is 0 Å². The van der Waals surface area contributed by atoms with E-state index in [4.69, 9.17) is 10.2 Å². The van der Waals surface area contributed by atoms with E-state index >= 15 is 0 Å². The van der Waals surface area contributed by atoms with Gasteiger partial charge in [-0.05, 0) is 24.3 Å². The summed E-state index contributed by atoms with van der Waals surface area (Å²) < 4.78 is 25.7. The van der Waals surface area contributed by atoms with Gasteiger partial charge >= 0.3 is 0 Å². The third kappa shape index (κ3) is 4.28. The second-order valence-electron chi connectivity index (χ2n) is 3.79. The van der Waals surface area contributed by atoms with Gasteiger partial charge in [-0.2, -0.15) is 0 Å². The van der Waals surface area contributed by atoms with Gasteiger partial charge in [0, 0.05) is 19.2 Å². The van der Waals surface area contributed by atoms with Crippen molar-refractivity contribution in [3.63, 3.8) is 0 Å². The number of sulfonamides is 1. The highest BCUT2D eigenvalue weighted by Crippen LogP contribution is 2.10. The van der Waals surface area contributed by atoms with Gasteiger partial charge < -0.3 is 15.5 Å². The zero-order chi connectivity index (χ0) is 14.5. The van der Waals surface area contributed by atoms with Crippen molar-refractivity contribution in [2.75, 3.05) is 20.2 Å². The number of amides is 1. The Balaban J connectivity index is 2.82. The zero-order valence-electron chi connectivity index (χ0n) is 10.3. The molecule has 0 aliphatic rings. The summed E-state index contributed by atoms with van der Waals surface area (Å²) in [6.45, 7) is -0.811.